The van der Waals surface area contributed by atoms with Gasteiger partial charge in [0.2, 0.25) is 0 Å². The number of amides is 2. The van der Waals surface area contributed by atoms with Crippen molar-refractivity contribution in [2.45, 2.75) is 59.2 Å². The van der Waals surface area contributed by atoms with Gasteiger partial charge in [0.05, 0.1) is 12.2 Å². The van der Waals surface area contributed by atoms with Crippen molar-refractivity contribution in [1.82, 2.24) is 10.6 Å². The van der Waals surface area contributed by atoms with Crippen LogP contribution >= 0.6 is 0 Å². The smallest absolute Gasteiger partial charge is 0.314 e. The van der Waals surface area contributed by atoms with E-state index in [0.29, 0.717) is 19.4 Å². The van der Waals surface area contributed by atoms with E-state index in [1.54, 1.807) is 6.92 Å². The van der Waals surface area contributed by atoms with Crippen LogP contribution in [0.3, 0.4) is 0 Å². The Hall–Kier alpha value is -0.810. The number of aliphatic hydroxyl groups excluding tert-OH is 2. The Morgan fingerprint density at radius 1 is 1.28 bits per heavy atom. The summed E-state index contributed by atoms with van der Waals surface area (Å²) in [5.74, 6) is 0. The molecular weight excluding hydrogens is 232 g/mol. The van der Waals surface area contributed by atoms with Crippen LogP contribution in [0.15, 0.2) is 0 Å². The summed E-state index contributed by atoms with van der Waals surface area (Å²) in [6.07, 6.45) is 1.35. The van der Waals surface area contributed by atoms with Gasteiger partial charge in [-0.05, 0) is 25.2 Å². The van der Waals surface area contributed by atoms with Crippen LogP contribution in [0.1, 0.15) is 47.0 Å². The Morgan fingerprint density at radius 2 is 1.89 bits per heavy atom. The lowest BCUT2D eigenvalue weighted by Crippen LogP contribution is -2.43. The van der Waals surface area contributed by atoms with Gasteiger partial charge in [0.1, 0.15) is 0 Å². The molecule has 0 aliphatic rings. The van der Waals surface area contributed by atoms with E-state index in [4.69, 9.17) is 0 Å². The number of carbonyl (C=O) groups is 1. The minimum absolute atomic E-state index is 0.145. The Balaban J connectivity index is 3.82. The van der Waals surface area contributed by atoms with Crippen LogP contribution in [0.25, 0.3) is 0 Å². The minimum Gasteiger partial charge on any atom is -0.393 e. The summed E-state index contributed by atoms with van der Waals surface area (Å²) in [6.45, 7) is 8.48. The molecule has 0 aliphatic heterocycles. The predicted octanol–water partition coefficient (Wildman–Crippen LogP) is 1.24. The molecule has 2 amide bonds. The zero-order valence-corrected chi connectivity index (χ0v) is 12.0. The van der Waals surface area contributed by atoms with E-state index in [-0.39, 0.29) is 24.1 Å². The first-order valence-corrected chi connectivity index (χ1v) is 6.64. The van der Waals surface area contributed by atoms with Crippen LogP contribution in [-0.2, 0) is 0 Å². The molecule has 0 aromatic carbocycles. The molecular formula is C13H28N2O3. The third-order valence-corrected chi connectivity index (χ3v) is 2.70. The van der Waals surface area contributed by atoms with E-state index >= 15 is 0 Å². The van der Waals surface area contributed by atoms with Crippen molar-refractivity contribution in [3.63, 3.8) is 0 Å². The fraction of sp³-hybridized carbons (Fsp3) is 0.923. The maximum absolute atomic E-state index is 11.5. The molecule has 0 spiro atoms. The molecule has 0 saturated heterocycles. The highest BCUT2D eigenvalue weighted by Crippen LogP contribution is 2.20. The third-order valence-electron chi connectivity index (χ3n) is 2.70. The summed E-state index contributed by atoms with van der Waals surface area (Å²) >= 11 is 0. The Labute approximate surface area is 110 Å². The molecule has 0 aromatic rings. The van der Waals surface area contributed by atoms with Crippen molar-refractivity contribution < 1.29 is 15.0 Å². The number of hydrogen-bond donors (Lipinski definition) is 4. The Morgan fingerprint density at radius 3 is 2.39 bits per heavy atom. The Kier molecular flexibility index (Phi) is 7.95. The summed E-state index contributed by atoms with van der Waals surface area (Å²) in [5, 5.41) is 24.2. The molecule has 18 heavy (non-hydrogen) atoms. The Bertz CT molecular complexity index is 242. The van der Waals surface area contributed by atoms with Gasteiger partial charge >= 0.3 is 6.03 Å². The SMILES string of the molecule is CCCC(O)CNC(=O)NCC(C)(C)CC(C)O. The van der Waals surface area contributed by atoms with Crippen molar-refractivity contribution in [3.8, 4) is 0 Å². The molecule has 4 N–H and O–H groups in total. The maximum atomic E-state index is 11.5. The highest BCUT2D eigenvalue weighted by Gasteiger charge is 2.21. The number of carbonyl (C=O) groups excluding carboxylic acids is 1. The van der Waals surface area contributed by atoms with Gasteiger partial charge in [0, 0.05) is 13.1 Å². The van der Waals surface area contributed by atoms with Crippen LogP contribution in [0, 0.1) is 5.41 Å². The van der Waals surface area contributed by atoms with Crippen LogP contribution < -0.4 is 10.6 Å². The number of hydrogen-bond acceptors (Lipinski definition) is 3. The predicted molar refractivity (Wildman–Crippen MR) is 72.4 cm³/mol. The van der Waals surface area contributed by atoms with Crippen molar-refractivity contribution in [2.24, 2.45) is 5.41 Å². The first kappa shape index (κ1) is 17.2. The first-order chi connectivity index (χ1) is 8.26. The molecule has 0 aliphatic carbocycles. The van der Waals surface area contributed by atoms with E-state index in [0.717, 1.165) is 6.42 Å². The highest BCUT2D eigenvalue weighted by atomic mass is 16.3. The van der Waals surface area contributed by atoms with Gasteiger partial charge < -0.3 is 20.8 Å². The molecule has 0 fully saturated rings. The average molecular weight is 260 g/mol. The fourth-order valence-corrected chi connectivity index (χ4v) is 1.90. The second-order valence-corrected chi connectivity index (χ2v) is 5.72. The third kappa shape index (κ3) is 9.24. The van der Waals surface area contributed by atoms with Gasteiger partial charge in [-0.25, -0.2) is 4.79 Å². The molecule has 2 atom stereocenters. The van der Waals surface area contributed by atoms with Gasteiger partial charge in [-0.3, -0.25) is 0 Å². The maximum Gasteiger partial charge on any atom is 0.314 e. The average Bonchev–Trinajstić information content (AvgIpc) is 2.22. The molecule has 0 aromatic heterocycles. The van der Waals surface area contributed by atoms with Crippen LogP contribution in [0.4, 0.5) is 4.79 Å². The number of urea groups is 1. The zero-order valence-electron chi connectivity index (χ0n) is 12.0. The largest absolute Gasteiger partial charge is 0.393 e. The molecule has 0 saturated carbocycles. The minimum atomic E-state index is -0.480. The van der Waals surface area contributed by atoms with Crippen molar-refractivity contribution >= 4 is 6.03 Å². The van der Waals surface area contributed by atoms with E-state index in [9.17, 15) is 15.0 Å². The lowest BCUT2D eigenvalue weighted by atomic mass is 9.87. The lowest BCUT2D eigenvalue weighted by molar-refractivity contribution is 0.128. The molecule has 0 bridgehead atoms. The number of aliphatic hydroxyl groups is 2. The summed E-state index contributed by atoms with van der Waals surface area (Å²) < 4.78 is 0. The monoisotopic (exact) mass is 260 g/mol. The van der Waals surface area contributed by atoms with Gasteiger partial charge in [-0.15, -0.1) is 0 Å². The second kappa shape index (κ2) is 8.32. The quantitative estimate of drug-likeness (QED) is 0.530. The topological polar surface area (TPSA) is 81.6 Å². The molecule has 0 radical (unpaired) electrons. The van der Waals surface area contributed by atoms with E-state index in [2.05, 4.69) is 10.6 Å². The van der Waals surface area contributed by atoms with Gasteiger partial charge in [-0.1, -0.05) is 27.2 Å². The summed E-state index contributed by atoms with van der Waals surface area (Å²) in [4.78, 5) is 11.5. The van der Waals surface area contributed by atoms with Crippen molar-refractivity contribution in [3.05, 3.63) is 0 Å². The molecule has 108 valence electrons. The zero-order chi connectivity index (χ0) is 14.2. The van der Waals surface area contributed by atoms with Gasteiger partial charge in [0.15, 0.2) is 0 Å². The lowest BCUT2D eigenvalue weighted by Gasteiger charge is -2.26. The summed E-state index contributed by atoms with van der Waals surface area (Å²) in [7, 11) is 0. The standard InChI is InChI=1S/C13H28N2O3/c1-5-6-11(17)8-14-12(18)15-9-13(3,4)7-10(2)16/h10-11,16-17H,5-9H2,1-4H3,(H2,14,15,18). The molecule has 2 unspecified atom stereocenters. The summed E-state index contributed by atoms with van der Waals surface area (Å²) in [5.41, 5.74) is -0.145. The molecule has 5 nitrogen and oxygen atoms in total. The van der Waals surface area contributed by atoms with Crippen molar-refractivity contribution in [2.75, 3.05) is 13.1 Å². The number of nitrogens with one attached hydrogen (secondary N) is 2. The van der Waals surface area contributed by atoms with E-state index in [1.165, 1.54) is 0 Å². The van der Waals surface area contributed by atoms with E-state index in [1.807, 2.05) is 20.8 Å². The second-order valence-electron chi connectivity index (χ2n) is 5.72. The highest BCUT2D eigenvalue weighted by molar-refractivity contribution is 5.73. The normalized spacial score (nSPS) is 15.0. The van der Waals surface area contributed by atoms with Gasteiger partial charge in [-0.2, -0.15) is 0 Å². The van der Waals surface area contributed by atoms with E-state index < -0.39 is 6.10 Å². The molecule has 5 heteroatoms. The summed E-state index contributed by atoms with van der Waals surface area (Å²) in [6, 6.07) is -0.274. The van der Waals surface area contributed by atoms with Gasteiger partial charge in [0.25, 0.3) is 0 Å². The van der Waals surface area contributed by atoms with Crippen LogP contribution in [0.5, 0.6) is 0 Å². The molecule has 0 rings (SSSR count). The van der Waals surface area contributed by atoms with Crippen LogP contribution in [-0.4, -0.2) is 41.5 Å². The van der Waals surface area contributed by atoms with Crippen molar-refractivity contribution in [1.29, 1.82) is 0 Å². The first-order valence-electron chi connectivity index (χ1n) is 6.64. The molecule has 0 heterocycles. The number of rotatable bonds is 8. The van der Waals surface area contributed by atoms with Crippen LogP contribution in [0.2, 0.25) is 0 Å². The fourth-order valence-electron chi connectivity index (χ4n) is 1.90.